The highest BCUT2D eigenvalue weighted by Crippen LogP contribution is 2.16. The molecule has 4 N–H and O–H groups in total. The Labute approximate surface area is 291 Å². The molecule has 4 atom stereocenters. The quantitative estimate of drug-likeness (QED) is 0.119. The minimum absolute atomic E-state index is 0.0252. The van der Waals surface area contributed by atoms with Crippen LogP contribution < -0.4 is 16.0 Å². The number of hydrogen-bond donors (Lipinski definition) is 4. The summed E-state index contributed by atoms with van der Waals surface area (Å²) in [5.74, 6) is -0.650. The molecule has 0 saturated carbocycles. The van der Waals surface area contributed by atoms with Gasteiger partial charge in [-0.25, -0.2) is 14.6 Å². The number of ether oxygens (including phenoxy) is 2. The minimum Gasteiger partial charge on any atom is -0.449 e. The summed E-state index contributed by atoms with van der Waals surface area (Å²) in [6.07, 6.45) is 2.22. The van der Waals surface area contributed by atoms with E-state index in [4.69, 9.17) is 9.47 Å². The van der Waals surface area contributed by atoms with Crippen LogP contribution in [0, 0.1) is 12.8 Å². The number of nitrogens with zero attached hydrogens (tertiary/aromatic N) is 2. The van der Waals surface area contributed by atoms with Crippen LogP contribution in [0.5, 0.6) is 0 Å². The molecule has 2 aromatic carbocycles. The van der Waals surface area contributed by atoms with E-state index in [-0.39, 0.29) is 25.6 Å². The fraction of sp³-hybridized carbons (Fsp3) is 0.378. The lowest BCUT2D eigenvalue weighted by molar-refractivity contribution is -0.125. The molecule has 0 radical (unpaired) electrons. The number of pyridine rings is 1. The van der Waals surface area contributed by atoms with Gasteiger partial charge in [0.15, 0.2) is 0 Å². The molecule has 2 heterocycles. The number of aliphatic hydroxyl groups is 1. The van der Waals surface area contributed by atoms with Crippen molar-refractivity contribution in [2.24, 2.45) is 5.92 Å². The molecule has 4 aromatic rings. The van der Waals surface area contributed by atoms with Gasteiger partial charge in [-0.2, -0.15) is 0 Å². The Bertz CT molecular complexity index is 1590. The van der Waals surface area contributed by atoms with Crippen LogP contribution in [0.1, 0.15) is 47.5 Å². The van der Waals surface area contributed by atoms with E-state index < -0.39 is 42.3 Å². The lowest BCUT2D eigenvalue weighted by Crippen LogP contribution is -2.54. The smallest absolute Gasteiger partial charge is 0.407 e. The van der Waals surface area contributed by atoms with Crippen molar-refractivity contribution >= 4 is 29.4 Å². The highest BCUT2D eigenvalue weighted by molar-refractivity contribution is 7.09. The number of rotatable bonds is 17. The first-order valence-corrected chi connectivity index (χ1v) is 17.3. The Balaban J connectivity index is 1.44. The van der Waals surface area contributed by atoms with Gasteiger partial charge in [0.2, 0.25) is 5.91 Å². The predicted molar refractivity (Wildman–Crippen MR) is 188 cm³/mol. The van der Waals surface area contributed by atoms with Gasteiger partial charge in [0, 0.05) is 35.3 Å². The number of carbonyl (C=O) groups excluding carboxylic acids is 3. The normalized spacial score (nSPS) is 13.5. The van der Waals surface area contributed by atoms with Gasteiger partial charge < -0.3 is 30.5 Å². The summed E-state index contributed by atoms with van der Waals surface area (Å²) in [6.45, 7) is 5.76. The van der Waals surface area contributed by atoms with Gasteiger partial charge in [0.05, 0.1) is 30.0 Å². The molecule has 0 bridgehead atoms. The first-order valence-electron chi connectivity index (χ1n) is 16.4. The average Bonchev–Trinajstić information content (AvgIpc) is 3.51. The minimum atomic E-state index is -1.06. The summed E-state index contributed by atoms with van der Waals surface area (Å²) >= 11 is 1.50. The number of aromatic nitrogens is 2. The van der Waals surface area contributed by atoms with Crippen molar-refractivity contribution in [2.75, 3.05) is 6.61 Å². The van der Waals surface area contributed by atoms with E-state index in [0.29, 0.717) is 19.3 Å². The fourth-order valence-corrected chi connectivity index (χ4v) is 6.08. The Kier molecular flexibility index (Phi) is 14.5. The maximum Gasteiger partial charge on any atom is 0.407 e. The predicted octanol–water partition coefficient (Wildman–Crippen LogP) is 5.16. The van der Waals surface area contributed by atoms with E-state index >= 15 is 0 Å². The molecule has 4 rings (SSSR count). The van der Waals surface area contributed by atoms with Gasteiger partial charge in [0.1, 0.15) is 12.6 Å². The third kappa shape index (κ3) is 12.6. The van der Waals surface area contributed by atoms with Crippen molar-refractivity contribution in [3.63, 3.8) is 0 Å². The van der Waals surface area contributed by atoms with Gasteiger partial charge in [-0.1, -0.05) is 80.6 Å². The summed E-state index contributed by atoms with van der Waals surface area (Å²) in [6, 6.07) is 20.5. The van der Waals surface area contributed by atoms with E-state index in [1.807, 2.05) is 81.4 Å². The molecule has 0 spiro atoms. The Morgan fingerprint density at radius 2 is 1.49 bits per heavy atom. The van der Waals surface area contributed by atoms with Crippen molar-refractivity contribution in [3.05, 3.63) is 118 Å². The van der Waals surface area contributed by atoms with Crippen molar-refractivity contribution < 1.29 is 29.0 Å². The Morgan fingerprint density at radius 1 is 0.837 bits per heavy atom. The highest BCUT2D eigenvalue weighted by Gasteiger charge is 2.30. The zero-order valence-corrected chi connectivity index (χ0v) is 28.9. The van der Waals surface area contributed by atoms with Crippen molar-refractivity contribution in [2.45, 2.75) is 77.3 Å². The van der Waals surface area contributed by atoms with Crippen LogP contribution in [0.3, 0.4) is 0 Å². The molecule has 1 unspecified atom stereocenters. The van der Waals surface area contributed by atoms with E-state index in [1.54, 1.807) is 30.0 Å². The molecule has 0 fully saturated rings. The molecular weight excluding hydrogens is 643 g/mol. The van der Waals surface area contributed by atoms with Crippen LogP contribution in [0.15, 0.2) is 90.7 Å². The molecule has 260 valence electrons. The maximum absolute atomic E-state index is 13.7. The van der Waals surface area contributed by atoms with Crippen molar-refractivity contribution in [1.29, 1.82) is 0 Å². The fourth-order valence-electron chi connectivity index (χ4n) is 5.32. The lowest BCUT2D eigenvalue weighted by Gasteiger charge is -2.30. The molecule has 3 amide bonds. The van der Waals surface area contributed by atoms with Crippen LogP contribution >= 0.6 is 11.3 Å². The van der Waals surface area contributed by atoms with Crippen molar-refractivity contribution in [1.82, 2.24) is 25.9 Å². The number of alkyl carbamates (subject to hydrolysis) is 2. The number of thiazole rings is 1. The highest BCUT2D eigenvalue weighted by atomic mass is 32.1. The van der Waals surface area contributed by atoms with Gasteiger partial charge in [-0.15, -0.1) is 11.3 Å². The summed E-state index contributed by atoms with van der Waals surface area (Å²) in [4.78, 5) is 48.6. The molecular formula is C37H45N5O6S. The molecule has 49 heavy (non-hydrogen) atoms. The molecule has 0 aliphatic heterocycles. The SMILES string of the molecule is Cc1ncsc1CCOC(=O)NC(C(=O)N[C@@H](Cc1ccccc1)C[C@H](O)[C@H](Cc1ccccc1)NC(=O)OCc1cccnc1)C(C)C. The van der Waals surface area contributed by atoms with E-state index in [0.717, 1.165) is 27.3 Å². The number of nitrogens with one attached hydrogen (secondary N) is 3. The van der Waals surface area contributed by atoms with Crippen LogP contribution in [-0.2, 0) is 40.1 Å². The number of carbonyl (C=O) groups is 3. The second-order valence-corrected chi connectivity index (χ2v) is 13.1. The molecule has 0 aliphatic carbocycles. The number of benzene rings is 2. The third-order valence-corrected chi connectivity index (χ3v) is 8.98. The van der Waals surface area contributed by atoms with Crippen LogP contribution in [0.2, 0.25) is 0 Å². The van der Waals surface area contributed by atoms with E-state index in [1.165, 1.54) is 11.3 Å². The summed E-state index contributed by atoms with van der Waals surface area (Å²) < 4.78 is 10.8. The monoisotopic (exact) mass is 687 g/mol. The second-order valence-electron chi connectivity index (χ2n) is 12.2. The standard InChI is InChI=1S/C37H45N5O6S/c1-25(2)34(42-37(46)47-18-16-33-26(3)39-24-49-33)35(44)40-30(19-27-11-6-4-7-12-27)21-32(43)31(20-28-13-8-5-9-14-28)41-36(45)48-23-29-15-10-17-38-22-29/h4-15,17,22,24-25,30-32,34,43H,16,18-21,23H2,1-3H3,(H,40,44)(H,41,45)(H,42,46)/t30-,31-,32-,34?/m0/s1. The number of amides is 3. The molecule has 0 saturated heterocycles. The largest absolute Gasteiger partial charge is 0.449 e. The third-order valence-electron chi connectivity index (χ3n) is 7.99. The van der Waals surface area contributed by atoms with Gasteiger partial charge in [-0.05, 0) is 49.3 Å². The van der Waals surface area contributed by atoms with Crippen LogP contribution in [0.25, 0.3) is 0 Å². The van der Waals surface area contributed by atoms with Crippen molar-refractivity contribution in [3.8, 4) is 0 Å². The van der Waals surface area contributed by atoms with Crippen LogP contribution in [0.4, 0.5) is 9.59 Å². The molecule has 11 nitrogen and oxygen atoms in total. The first kappa shape index (κ1) is 37.0. The zero-order valence-electron chi connectivity index (χ0n) is 28.1. The zero-order chi connectivity index (χ0) is 35.0. The molecule has 2 aromatic heterocycles. The van der Waals surface area contributed by atoms with Gasteiger partial charge in [0.25, 0.3) is 0 Å². The lowest BCUT2D eigenvalue weighted by atomic mass is 9.93. The summed E-state index contributed by atoms with van der Waals surface area (Å²) in [5.41, 5.74) is 5.26. The topological polar surface area (TPSA) is 152 Å². The number of aryl methyl sites for hydroxylation is 1. The number of aliphatic hydroxyl groups excluding tert-OH is 1. The first-order chi connectivity index (χ1) is 23.7. The van der Waals surface area contributed by atoms with Gasteiger partial charge >= 0.3 is 12.2 Å². The second kappa shape index (κ2) is 19.3. The van der Waals surface area contributed by atoms with Crippen LogP contribution in [-0.4, -0.2) is 64.0 Å². The van der Waals surface area contributed by atoms with Gasteiger partial charge in [-0.3, -0.25) is 9.78 Å². The van der Waals surface area contributed by atoms with E-state index in [2.05, 4.69) is 25.9 Å². The average molecular weight is 688 g/mol. The molecule has 0 aliphatic rings. The maximum atomic E-state index is 13.7. The number of hydrogen-bond acceptors (Lipinski definition) is 9. The van der Waals surface area contributed by atoms with E-state index in [9.17, 15) is 19.5 Å². The Morgan fingerprint density at radius 3 is 2.10 bits per heavy atom. The molecule has 12 heteroatoms. The summed E-state index contributed by atoms with van der Waals surface area (Å²) in [7, 11) is 0. The Hall–Kier alpha value is -4.81. The summed E-state index contributed by atoms with van der Waals surface area (Å²) in [5, 5.41) is 20.2.